The number of nitrogens with one attached hydrogen (secondary N) is 1. The number of hydrogen-bond acceptors (Lipinski definition) is 3. The molecule has 0 saturated heterocycles. The number of halogens is 1. The summed E-state index contributed by atoms with van der Waals surface area (Å²) in [5, 5.41) is 3.47. The average molecular weight is 359 g/mol. The summed E-state index contributed by atoms with van der Waals surface area (Å²) in [4.78, 5) is 25.9. The highest BCUT2D eigenvalue weighted by Gasteiger charge is 2.26. The zero-order valence-corrected chi connectivity index (χ0v) is 14.8. The van der Waals surface area contributed by atoms with Crippen molar-refractivity contribution in [1.82, 2.24) is 0 Å². The van der Waals surface area contributed by atoms with Crippen LogP contribution in [0.15, 0.2) is 42.5 Å². The van der Waals surface area contributed by atoms with E-state index in [1.165, 1.54) is 0 Å². The molecule has 0 saturated carbocycles. The van der Waals surface area contributed by atoms with Crippen LogP contribution in [0.5, 0.6) is 5.75 Å². The number of amides is 2. The summed E-state index contributed by atoms with van der Waals surface area (Å²) >= 11 is 6.04. The number of rotatable bonds is 4. The maximum atomic E-state index is 12.4. The maximum absolute atomic E-state index is 12.4. The molecule has 3 rings (SSSR count). The number of anilines is 2. The monoisotopic (exact) mass is 358 g/mol. The summed E-state index contributed by atoms with van der Waals surface area (Å²) in [6.45, 7) is 4.03. The lowest BCUT2D eigenvalue weighted by Gasteiger charge is -2.30. The second-order valence-corrected chi connectivity index (χ2v) is 6.66. The Kier molecular flexibility index (Phi) is 4.95. The van der Waals surface area contributed by atoms with Crippen molar-refractivity contribution in [2.75, 3.05) is 16.8 Å². The first-order chi connectivity index (χ1) is 11.9. The van der Waals surface area contributed by atoms with Crippen LogP contribution in [0.2, 0.25) is 5.02 Å². The minimum Gasteiger partial charge on any atom is -0.482 e. The van der Waals surface area contributed by atoms with E-state index >= 15 is 0 Å². The van der Waals surface area contributed by atoms with Gasteiger partial charge in [-0.3, -0.25) is 9.59 Å². The molecule has 1 N–H and O–H groups in total. The minimum absolute atomic E-state index is 0.00867. The lowest BCUT2D eigenvalue weighted by molar-refractivity contribution is -0.121. The van der Waals surface area contributed by atoms with Crippen molar-refractivity contribution in [3.05, 3.63) is 53.1 Å². The smallest absolute Gasteiger partial charge is 0.265 e. The molecule has 1 aliphatic rings. The molecule has 2 amide bonds. The summed E-state index contributed by atoms with van der Waals surface area (Å²) in [5.74, 6) is 0.268. The quantitative estimate of drug-likeness (QED) is 0.902. The standard InChI is InChI=1S/C19H19ClN2O3/c1-12(2)19(24)21-15-6-7-17-16(9-15)22(18(23)11-25-17)10-13-4-3-5-14(20)8-13/h3-9,12H,10-11H2,1-2H3,(H,21,24). The second kappa shape index (κ2) is 7.15. The molecule has 0 unspecified atom stereocenters. The van der Waals surface area contributed by atoms with Gasteiger partial charge >= 0.3 is 0 Å². The van der Waals surface area contributed by atoms with Gasteiger partial charge in [-0.15, -0.1) is 0 Å². The largest absolute Gasteiger partial charge is 0.482 e. The predicted molar refractivity (Wildman–Crippen MR) is 98.0 cm³/mol. The van der Waals surface area contributed by atoms with E-state index in [2.05, 4.69) is 5.32 Å². The first-order valence-corrected chi connectivity index (χ1v) is 8.44. The van der Waals surface area contributed by atoms with E-state index in [1.54, 1.807) is 29.2 Å². The van der Waals surface area contributed by atoms with E-state index in [0.29, 0.717) is 28.7 Å². The summed E-state index contributed by atoms with van der Waals surface area (Å²) in [6, 6.07) is 12.7. The van der Waals surface area contributed by atoms with E-state index in [0.717, 1.165) is 5.56 Å². The van der Waals surface area contributed by atoms with Crippen molar-refractivity contribution in [1.29, 1.82) is 0 Å². The van der Waals surface area contributed by atoms with Crippen LogP contribution in [-0.2, 0) is 16.1 Å². The molecule has 5 nitrogen and oxygen atoms in total. The Morgan fingerprint density at radius 2 is 2.08 bits per heavy atom. The molecule has 0 bridgehead atoms. The first kappa shape index (κ1) is 17.3. The lowest BCUT2D eigenvalue weighted by atomic mass is 10.1. The number of carbonyl (C=O) groups excluding carboxylic acids is 2. The Bertz CT molecular complexity index is 820. The zero-order chi connectivity index (χ0) is 18.0. The van der Waals surface area contributed by atoms with Crippen molar-refractivity contribution < 1.29 is 14.3 Å². The van der Waals surface area contributed by atoms with Gasteiger partial charge in [0.2, 0.25) is 5.91 Å². The number of benzene rings is 2. The molecule has 1 heterocycles. The summed E-state index contributed by atoms with van der Waals surface area (Å²) in [6.07, 6.45) is 0. The van der Waals surface area contributed by atoms with Gasteiger partial charge in [0.1, 0.15) is 5.75 Å². The zero-order valence-electron chi connectivity index (χ0n) is 14.1. The van der Waals surface area contributed by atoms with Crippen LogP contribution >= 0.6 is 11.6 Å². The molecular formula is C19H19ClN2O3. The molecule has 0 spiro atoms. The Balaban J connectivity index is 1.90. The fraction of sp³-hybridized carbons (Fsp3) is 0.263. The number of nitrogens with zero attached hydrogens (tertiary/aromatic N) is 1. The molecule has 0 atom stereocenters. The van der Waals surface area contributed by atoms with Crippen LogP contribution < -0.4 is 15.0 Å². The summed E-state index contributed by atoms with van der Waals surface area (Å²) in [5.41, 5.74) is 2.19. The molecular weight excluding hydrogens is 340 g/mol. The summed E-state index contributed by atoms with van der Waals surface area (Å²) in [7, 11) is 0. The maximum Gasteiger partial charge on any atom is 0.265 e. The van der Waals surface area contributed by atoms with Crippen LogP contribution in [-0.4, -0.2) is 18.4 Å². The van der Waals surface area contributed by atoms with Crippen LogP contribution in [0.3, 0.4) is 0 Å². The van der Waals surface area contributed by atoms with Crippen molar-refractivity contribution in [2.24, 2.45) is 5.92 Å². The van der Waals surface area contributed by atoms with Gasteiger partial charge in [0, 0.05) is 16.6 Å². The number of carbonyl (C=O) groups is 2. The van der Waals surface area contributed by atoms with Crippen LogP contribution in [0, 0.1) is 5.92 Å². The molecule has 0 aliphatic carbocycles. The molecule has 6 heteroatoms. The van der Waals surface area contributed by atoms with Gasteiger partial charge in [-0.2, -0.15) is 0 Å². The van der Waals surface area contributed by atoms with E-state index in [-0.39, 0.29) is 24.3 Å². The van der Waals surface area contributed by atoms with Gasteiger partial charge in [-0.1, -0.05) is 37.6 Å². The van der Waals surface area contributed by atoms with Gasteiger partial charge in [-0.25, -0.2) is 0 Å². The van der Waals surface area contributed by atoms with Crippen LogP contribution in [0.4, 0.5) is 11.4 Å². The van der Waals surface area contributed by atoms with Crippen LogP contribution in [0.1, 0.15) is 19.4 Å². The van der Waals surface area contributed by atoms with Crippen LogP contribution in [0.25, 0.3) is 0 Å². The first-order valence-electron chi connectivity index (χ1n) is 8.06. The highest BCUT2D eigenvalue weighted by atomic mass is 35.5. The Hall–Kier alpha value is -2.53. The SMILES string of the molecule is CC(C)C(=O)Nc1ccc2c(c1)N(Cc1cccc(Cl)c1)C(=O)CO2. The number of ether oxygens (including phenoxy) is 1. The fourth-order valence-electron chi connectivity index (χ4n) is 2.56. The molecule has 0 fully saturated rings. The highest BCUT2D eigenvalue weighted by molar-refractivity contribution is 6.30. The van der Waals surface area contributed by atoms with Crippen molar-refractivity contribution in [3.63, 3.8) is 0 Å². The Labute approximate surface area is 151 Å². The molecule has 2 aromatic rings. The lowest BCUT2D eigenvalue weighted by Crippen LogP contribution is -2.38. The molecule has 1 aliphatic heterocycles. The van der Waals surface area contributed by atoms with E-state index in [1.807, 2.05) is 32.0 Å². The van der Waals surface area contributed by atoms with Crippen molar-refractivity contribution >= 4 is 34.8 Å². The Morgan fingerprint density at radius 1 is 1.28 bits per heavy atom. The molecule has 2 aromatic carbocycles. The highest BCUT2D eigenvalue weighted by Crippen LogP contribution is 2.35. The average Bonchev–Trinajstić information content (AvgIpc) is 2.57. The number of fused-ring (bicyclic) bond motifs is 1. The third-order valence-corrected chi connectivity index (χ3v) is 4.16. The summed E-state index contributed by atoms with van der Waals surface area (Å²) < 4.78 is 5.50. The fourth-order valence-corrected chi connectivity index (χ4v) is 2.77. The molecule has 0 aromatic heterocycles. The van der Waals surface area contributed by atoms with Gasteiger partial charge < -0.3 is 15.0 Å². The predicted octanol–water partition coefficient (Wildman–Crippen LogP) is 3.86. The topological polar surface area (TPSA) is 58.6 Å². The number of hydrogen-bond donors (Lipinski definition) is 1. The van der Waals surface area contributed by atoms with E-state index in [9.17, 15) is 9.59 Å². The Morgan fingerprint density at radius 3 is 2.80 bits per heavy atom. The molecule has 0 radical (unpaired) electrons. The minimum atomic E-state index is -0.139. The van der Waals surface area contributed by atoms with Gasteiger partial charge in [0.25, 0.3) is 5.91 Å². The van der Waals surface area contributed by atoms with Gasteiger partial charge in [0.05, 0.1) is 12.2 Å². The van der Waals surface area contributed by atoms with E-state index < -0.39 is 0 Å². The van der Waals surface area contributed by atoms with E-state index in [4.69, 9.17) is 16.3 Å². The molecule has 25 heavy (non-hydrogen) atoms. The third kappa shape index (κ3) is 3.94. The van der Waals surface area contributed by atoms with Gasteiger partial charge in [0.15, 0.2) is 6.61 Å². The van der Waals surface area contributed by atoms with Crippen molar-refractivity contribution in [3.8, 4) is 5.75 Å². The van der Waals surface area contributed by atoms with Gasteiger partial charge in [-0.05, 0) is 35.9 Å². The normalized spacial score (nSPS) is 13.4. The molecule has 130 valence electrons. The third-order valence-electron chi connectivity index (χ3n) is 3.92. The second-order valence-electron chi connectivity index (χ2n) is 6.22. The van der Waals surface area contributed by atoms with Crippen molar-refractivity contribution in [2.45, 2.75) is 20.4 Å².